The summed E-state index contributed by atoms with van der Waals surface area (Å²) in [5.41, 5.74) is 0. The molecule has 0 aliphatic heterocycles. The second kappa shape index (κ2) is 24.8. The minimum absolute atomic E-state index is 0.0772. The van der Waals surface area contributed by atoms with Gasteiger partial charge in [0.25, 0.3) is 0 Å². The summed E-state index contributed by atoms with van der Waals surface area (Å²) >= 11 is 0. The van der Waals surface area contributed by atoms with Gasteiger partial charge in [0.1, 0.15) is 25.9 Å². The van der Waals surface area contributed by atoms with Crippen LogP contribution < -0.4 is 0 Å². The quantitative estimate of drug-likeness (QED) is 0.0617. The fourth-order valence-corrected chi connectivity index (χ4v) is 3.71. The van der Waals surface area contributed by atoms with Gasteiger partial charge in [-0.05, 0) is 6.42 Å². The zero-order valence-electron chi connectivity index (χ0n) is 23.5. The Morgan fingerprint density at radius 1 is 0.806 bits per heavy atom. The van der Waals surface area contributed by atoms with Crippen LogP contribution in [0.5, 0.6) is 0 Å². The van der Waals surface area contributed by atoms with E-state index in [2.05, 4.69) is 11.4 Å². The fourth-order valence-electron chi connectivity index (χ4n) is 3.39. The molecule has 0 aromatic carbocycles. The number of hydrogen-bond donors (Lipinski definition) is 4. The third-order valence-corrected chi connectivity index (χ3v) is 6.17. The largest absolute Gasteiger partial charge is 0.469 e. The molecule has 0 radical (unpaired) electrons. The average molecular weight is 543 g/mol. The Bertz CT molecular complexity index is 537. The Balaban J connectivity index is 0. The van der Waals surface area contributed by atoms with Crippen LogP contribution in [0, 0.1) is 0 Å². The molecule has 0 aliphatic carbocycles. The number of hydrogen-bond acceptors (Lipinski definition) is 6. The van der Waals surface area contributed by atoms with Crippen molar-refractivity contribution in [2.45, 2.75) is 116 Å². The minimum atomic E-state index is -4.26. The summed E-state index contributed by atoms with van der Waals surface area (Å²) in [5, 5.41) is 17.7. The van der Waals surface area contributed by atoms with Crippen molar-refractivity contribution in [2.24, 2.45) is 0 Å². The van der Waals surface area contributed by atoms with Gasteiger partial charge in [-0.3, -0.25) is 9.32 Å². The number of phosphoric acid groups is 1. The van der Waals surface area contributed by atoms with Crippen LogP contribution in [0.4, 0.5) is 0 Å². The molecule has 0 amide bonds. The van der Waals surface area contributed by atoms with E-state index in [4.69, 9.17) is 24.7 Å². The third-order valence-electron chi connectivity index (χ3n) is 5.65. The molecule has 218 valence electrons. The van der Waals surface area contributed by atoms with E-state index in [9.17, 15) is 9.36 Å². The summed E-state index contributed by atoms with van der Waals surface area (Å²) in [6.45, 7) is 2.44. The maximum Gasteiger partial charge on any atom is 0.469 e. The summed E-state index contributed by atoms with van der Waals surface area (Å²) in [6.07, 6.45) is 19.0. The molecule has 36 heavy (non-hydrogen) atoms. The van der Waals surface area contributed by atoms with Crippen molar-refractivity contribution in [1.29, 1.82) is 0 Å². The molecule has 0 spiro atoms. The van der Waals surface area contributed by atoms with Crippen LogP contribution in [0.15, 0.2) is 0 Å². The van der Waals surface area contributed by atoms with Crippen molar-refractivity contribution >= 4 is 13.8 Å². The fraction of sp³-hybridized carbons (Fsp3) is 0.962. The normalized spacial score (nSPS) is 12.7. The van der Waals surface area contributed by atoms with Gasteiger partial charge in [-0.25, -0.2) is 4.57 Å². The van der Waals surface area contributed by atoms with E-state index in [1.807, 2.05) is 21.1 Å². The molecular formula is C26H57NO8P+. The van der Waals surface area contributed by atoms with Gasteiger partial charge < -0.3 is 29.2 Å². The molecule has 1 atom stereocenters. The first-order valence-electron chi connectivity index (χ1n) is 13.9. The number of aliphatic hydroxyl groups excluding tert-OH is 2. The smallest absolute Gasteiger partial charge is 0.463 e. The molecule has 1 unspecified atom stereocenters. The van der Waals surface area contributed by atoms with E-state index in [-0.39, 0.29) is 25.8 Å². The van der Waals surface area contributed by atoms with Crippen molar-refractivity contribution < 1.29 is 43.1 Å². The Labute approximate surface area is 220 Å². The standard InChI is InChI=1S/C21H42O4.C5H14NO4P/c1-2-3-4-5-6-7-8-9-10-11-12-13-14-15-16-17-21(24)25-19-20(23)18-22;1-6(2,3)4-5-10-11(7,8)9/h20,22-23H,2-19H2,1H3;4-5H2,1-3H3,(H-,7,8,9)/p+1. The number of likely N-dealkylation sites (N-methyl/N-ethyl adjacent to an activating group) is 1. The van der Waals surface area contributed by atoms with E-state index in [1.165, 1.54) is 83.5 Å². The third kappa shape index (κ3) is 35.6. The second-order valence-electron chi connectivity index (χ2n) is 10.6. The highest BCUT2D eigenvalue weighted by Crippen LogP contribution is 2.35. The van der Waals surface area contributed by atoms with Gasteiger partial charge in [-0.2, -0.15) is 0 Å². The first-order valence-corrected chi connectivity index (χ1v) is 15.4. The first-order chi connectivity index (χ1) is 16.9. The van der Waals surface area contributed by atoms with Crippen LogP contribution in [0.2, 0.25) is 0 Å². The number of quaternary nitrogens is 1. The molecular weight excluding hydrogens is 485 g/mol. The van der Waals surface area contributed by atoms with E-state index in [0.29, 0.717) is 17.4 Å². The summed E-state index contributed by atoms with van der Waals surface area (Å²) in [7, 11) is 1.50. The summed E-state index contributed by atoms with van der Waals surface area (Å²) in [6, 6.07) is 0. The predicted octanol–water partition coefficient (Wildman–Crippen LogP) is 4.95. The lowest BCUT2D eigenvalue weighted by Crippen LogP contribution is -2.37. The van der Waals surface area contributed by atoms with E-state index in [1.54, 1.807) is 0 Å². The van der Waals surface area contributed by atoms with Crippen molar-refractivity contribution in [3.63, 3.8) is 0 Å². The zero-order chi connectivity index (χ0) is 27.7. The number of carbonyl (C=O) groups is 1. The first kappa shape index (κ1) is 37.6. The predicted molar refractivity (Wildman–Crippen MR) is 144 cm³/mol. The van der Waals surface area contributed by atoms with Gasteiger partial charge in [0.05, 0.1) is 27.7 Å². The van der Waals surface area contributed by atoms with Crippen LogP contribution in [-0.4, -0.2) is 84.1 Å². The number of unbranched alkanes of at least 4 members (excludes halogenated alkanes) is 14. The van der Waals surface area contributed by atoms with E-state index in [0.717, 1.165) is 12.8 Å². The molecule has 0 fully saturated rings. The maximum absolute atomic E-state index is 11.4. The summed E-state index contributed by atoms with van der Waals surface area (Å²) in [5.74, 6) is -0.276. The van der Waals surface area contributed by atoms with Gasteiger partial charge >= 0.3 is 13.8 Å². The molecule has 9 nitrogen and oxygen atoms in total. The summed E-state index contributed by atoms with van der Waals surface area (Å²) in [4.78, 5) is 28.0. The lowest BCUT2D eigenvalue weighted by atomic mass is 10.0. The number of nitrogens with zero attached hydrogens (tertiary/aromatic N) is 1. The molecule has 0 aromatic rings. The molecule has 0 saturated heterocycles. The molecule has 0 rings (SSSR count). The zero-order valence-corrected chi connectivity index (χ0v) is 24.4. The van der Waals surface area contributed by atoms with Crippen molar-refractivity contribution in [3.8, 4) is 0 Å². The Morgan fingerprint density at radius 2 is 1.22 bits per heavy atom. The molecule has 0 aliphatic rings. The Kier molecular flexibility index (Phi) is 25.9. The van der Waals surface area contributed by atoms with Gasteiger partial charge in [0, 0.05) is 6.42 Å². The maximum atomic E-state index is 11.4. The molecule has 0 bridgehead atoms. The van der Waals surface area contributed by atoms with Gasteiger partial charge in [0.2, 0.25) is 0 Å². The molecule has 4 N–H and O–H groups in total. The lowest BCUT2D eigenvalue weighted by molar-refractivity contribution is -0.870. The number of rotatable bonds is 23. The number of carbonyl (C=O) groups excluding carboxylic acids is 1. The van der Waals surface area contributed by atoms with Gasteiger partial charge in [0.15, 0.2) is 0 Å². The van der Waals surface area contributed by atoms with Crippen LogP contribution in [0.1, 0.15) is 110 Å². The number of esters is 1. The molecule has 10 heteroatoms. The van der Waals surface area contributed by atoms with Crippen LogP contribution in [-0.2, 0) is 18.6 Å². The van der Waals surface area contributed by atoms with Crippen molar-refractivity contribution in [3.05, 3.63) is 0 Å². The topological polar surface area (TPSA) is 134 Å². The van der Waals surface area contributed by atoms with E-state index >= 15 is 0 Å². The number of aliphatic hydroxyl groups is 2. The number of ether oxygens (including phenoxy) is 1. The van der Waals surface area contributed by atoms with Crippen molar-refractivity contribution in [1.82, 2.24) is 0 Å². The van der Waals surface area contributed by atoms with Crippen molar-refractivity contribution in [2.75, 3.05) is 47.5 Å². The highest BCUT2D eigenvalue weighted by Gasteiger charge is 2.16. The Morgan fingerprint density at radius 3 is 1.58 bits per heavy atom. The lowest BCUT2D eigenvalue weighted by Gasteiger charge is -2.23. The highest BCUT2D eigenvalue weighted by atomic mass is 31.2. The SMILES string of the molecule is CCCCCCCCCCCCCCCCCC(=O)OCC(O)CO.C[N+](C)(C)CCOP(=O)(O)O. The monoisotopic (exact) mass is 542 g/mol. The van der Waals surface area contributed by atoms with Crippen LogP contribution >= 0.6 is 7.82 Å². The molecule has 0 saturated carbocycles. The minimum Gasteiger partial charge on any atom is -0.463 e. The highest BCUT2D eigenvalue weighted by molar-refractivity contribution is 7.46. The van der Waals surface area contributed by atoms with Crippen LogP contribution in [0.25, 0.3) is 0 Å². The average Bonchev–Trinajstić information content (AvgIpc) is 2.78. The second-order valence-corrected chi connectivity index (χ2v) is 11.8. The number of phosphoric ester groups is 1. The van der Waals surface area contributed by atoms with E-state index < -0.39 is 13.9 Å². The molecule has 0 heterocycles. The summed E-state index contributed by atoms with van der Waals surface area (Å²) < 4.78 is 19.9. The van der Waals surface area contributed by atoms with Gasteiger partial charge in [-0.15, -0.1) is 0 Å². The van der Waals surface area contributed by atoms with Gasteiger partial charge in [-0.1, -0.05) is 96.8 Å². The van der Waals surface area contributed by atoms with Crippen LogP contribution in [0.3, 0.4) is 0 Å². The molecule has 0 aromatic heterocycles. The Hall–Kier alpha value is -0.540.